The summed E-state index contributed by atoms with van der Waals surface area (Å²) in [6, 6.07) is 0. The molecular formula is C11H16BrN3OS. The summed E-state index contributed by atoms with van der Waals surface area (Å²) < 4.78 is 3.83. The maximum Gasteiger partial charge on any atom is 0.264 e. The number of aryl methyl sites for hydroxylation is 1. The fraction of sp³-hybridized carbons (Fsp3) is 0.727. The van der Waals surface area contributed by atoms with E-state index in [1.54, 1.807) is 0 Å². The van der Waals surface area contributed by atoms with E-state index in [0.717, 1.165) is 25.1 Å². The number of carbonyl (C=O) groups excluding carboxylic acids is 1. The van der Waals surface area contributed by atoms with E-state index in [1.807, 2.05) is 6.92 Å². The lowest BCUT2D eigenvalue weighted by molar-refractivity contribution is 0.0950. The van der Waals surface area contributed by atoms with Crippen molar-refractivity contribution in [2.45, 2.75) is 37.4 Å². The number of hydrogen-bond donors (Lipinski definition) is 1. The molecule has 1 amide bonds. The molecule has 1 aliphatic carbocycles. The number of rotatable bonds is 4. The van der Waals surface area contributed by atoms with Crippen molar-refractivity contribution >= 4 is 33.4 Å². The second-order valence-electron chi connectivity index (χ2n) is 4.39. The number of aromatic nitrogens is 2. The van der Waals surface area contributed by atoms with Crippen molar-refractivity contribution in [2.24, 2.45) is 5.92 Å². The zero-order valence-electron chi connectivity index (χ0n) is 9.78. The van der Waals surface area contributed by atoms with Gasteiger partial charge in [-0.05, 0) is 43.1 Å². The number of hydrogen-bond acceptors (Lipinski definition) is 4. The molecule has 0 saturated heterocycles. The number of halogens is 1. The molecule has 2 rings (SSSR count). The summed E-state index contributed by atoms with van der Waals surface area (Å²) in [5.41, 5.74) is 0.803. The first-order valence-electron chi connectivity index (χ1n) is 5.94. The molecule has 2 atom stereocenters. The molecule has 94 valence electrons. The molecule has 1 heterocycles. The number of carbonyl (C=O) groups is 1. The lowest BCUT2D eigenvalue weighted by Crippen LogP contribution is -2.28. The van der Waals surface area contributed by atoms with Gasteiger partial charge >= 0.3 is 0 Å². The van der Waals surface area contributed by atoms with Crippen LogP contribution in [0.1, 0.15) is 41.6 Å². The van der Waals surface area contributed by atoms with Crippen molar-refractivity contribution in [1.29, 1.82) is 0 Å². The fourth-order valence-electron chi connectivity index (χ4n) is 2.13. The second-order valence-corrected chi connectivity index (χ2v) is 6.44. The smallest absolute Gasteiger partial charge is 0.264 e. The molecule has 1 N–H and O–H groups in total. The predicted octanol–water partition coefficient (Wildman–Crippen LogP) is 2.39. The van der Waals surface area contributed by atoms with Crippen molar-refractivity contribution in [3.8, 4) is 0 Å². The molecule has 0 aromatic carbocycles. The lowest BCUT2D eigenvalue weighted by atomic mass is 10.1. The Hall–Kier alpha value is -0.490. The van der Waals surface area contributed by atoms with E-state index >= 15 is 0 Å². The van der Waals surface area contributed by atoms with Crippen molar-refractivity contribution in [1.82, 2.24) is 14.9 Å². The molecule has 17 heavy (non-hydrogen) atoms. The minimum atomic E-state index is -0.0186. The van der Waals surface area contributed by atoms with Crippen molar-refractivity contribution < 1.29 is 4.79 Å². The monoisotopic (exact) mass is 317 g/mol. The topological polar surface area (TPSA) is 54.9 Å². The number of alkyl halides is 1. The van der Waals surface area contributed by atoms with Gasteiger partial charge in [-0.15, -0.1) is 5.10 Å². The Labute approximate surface area is 113 Å². The minimum absolute atomic E-state index is 0.0186. The quantitative estimate of drug-likeness (QED) is 0.867. The summed E-state index contributed by atoms with van der Waals surface area (Å²) in [5.74, 6) is 0.587. The first-order valence-corrected chi connectivity index (χ1v) is 7.63. The highest BCUT2D eigenvalue weighted by molar-refractivity contribution is 9.09. The first kappa shape index (κ1) is 13.0. The van der Waals surface area contributed by atoms with Crippen LogP contribution in [0.5, 0.6) is 0 Å². The van der Waals surface area contributed by atoms with Gasteiger partial charge in [0.25, 0.3) is 5.91 Å². The largest absolute Gasteiger partial charge is 0.351 e. The molecule has 1 fully saturated rings. The highest BCUT2D eigenvalue weighted by atomic mass is 79.9. The molecule has 0 bridgehead atoms. The summed E-state index contributed by atoms with van der Waals surface area (Å²) in [6.07, 6.45) is 4.31. The molecule has 1 aromatic rings. The van der Waals surface area contributed by atoms with Gasteiger partial charge in [-0.25, -0.2) is 0 Å². The van der Waals surface area contributed by atoms with Gasteiger partial charge < -0.3 is 5.32 Å². The van der Waals surface area contributed by atoms with E-state index in [1.165, 1.54) is 24.4 Å². The fourth-order valence-corrected chi connectivity index (χ4v) is 3.59. The Balaban J connectivity index is 1.85. The molecule has 0 radical (unpaired) electrons. The van der Waals surface area contributed by atoms with Crippen LogP contribution in [0, 0.1) is 5.92 Å². The third-order valence-corrected chi connectivity index (χ3v) is 4.72. The zero-order valence-corrected chi connectivity index (χ0v) is 12.2. The lowest BCUT2D eigenvalue weighted by Gasteiger charge is -2.10. The van der Waals surface area contributed by atoms with Gasteiger partial charge in [0.05, 0.1) is 5.69 Å². The maximum absolute atomic E-state index is 11.9. The maximum atomic E-state index is 11.9. The van der Waals surface area contributed by atoms with Crippen molar-refractivity contribution in [3.63, 3.8) is 0 Å². The molecule has 1 aliphatic rings. The SMILES string of the molecule is CCc1nnsc1C(=O)NCC1CCC(Br)C1. The van der Waals surface area contributed by atoms with Crippen LogP contribution in [-0.4, -0.2) is 26.9 Å². The van der Waals surface area contributed by atoms with E-state index < -0.39 is 0 Å². The van der Waals surface area contributed by atoms with Gasteiger partial charge in [0.1, 0.15) is 4.88 Å². The average Bonchev–Trinajstić information content (AvgIpc) is 2.94. The molecular weight excluding hydrogens is 302 g/mol. The molecule has 0 aliphatic heterocycles. The van der Waals surface area contributed by atoms with Gasteiger partial charge in [0, 0.05) is 11.4 Å². The highest BCUT2D eigenvalue weighted by Gasteiger charge is 2.23. The minimum Gasteiger partial charge on any atom is -0.351 e. The normalized spacial score (nSPS) is 23.9. The average molecular weight is 318 g/mol. The predicted molar refractivity (Wildman–Crippen MR) is 71.7 cm³/mol. The number of nitrogens with zero attached hydrogens (tertiary/aromatic N) is 2. The van der Waals surface area contributed by atoms with Crippen LogP contribution in [0.3, 0.4) is 0 Å². The third-order valence-electron chi connectivity index (χ3n) is 3.13. The van der Waals surface area contributed by atoms with E-state index in [0.29, 0.717) is 15.6 Å². The standard InChI is InChI=1S/C11H16BrN3OS/c1-2-9-10(17-15-14-9)11(16)13-6-7-3-4-8(12)5-7/h7-8H,2-6H2,1H3,(H,13,16). The summed E-state index contributed by atoms with van der Waals surface area (Å²) in [4.78, 5) is 13.2. The van der Waals surface area contributed by atoms with Crippen LogP contribution in [0.4, 0.5) is 0 Å². The second kappa shape index (κ2) is 5.91. The van der Waals surface area contributed by atoms with E-state index in [4.69, 9.17) is 0 Å². The Morgan fingerprint density at radius 3 is 3.06 bits per heavy atom. The number of amides is 1. The van der Waals surface area contributed by atoms with Crippen LogP contribution in [0.25, 0.3) is 0 Å². The van der Waals surface area contributed by atoms with Gasteiger partial charge in [0.2, 0.25) is 0 Å². The van der Waals surface area contributed by atoms with Gasteiger partial charge in [-0.1, -0.05) is 27.3 Å². The Morgan fingerprint density at radius 1 is 1.59 bits per heavy atom. The van der Waals surface area contributed by atoms with E-state index in [2.05, 4.69) is 30.8 Å². The van der Waals surface area contributed by atoms with Gasteiger partial charge in [0.15, 0.2) is 0 Å². The summed E-state index contributed by atoms with van der Waals surface area (Å²) in [7, 11) is 0. The summed E-state index contributed by atoms with van der Waals surface area (Å²) in [5, 5.41) is 6.94. The third kappa shape index (κ3) is 3.25. The number of nitrogens with one attached hydrogen (secondary N) is 1. The van der Waals surface area contributed by atoms with Crippen LogP contribution in [0.2, 0.25) is 0 Å². The molecule has 1 aromatic heterocycles. The highest BCUT2D eigenvalue weighted by Crippen LogP contribution is 2.30. The van der Waals surface area contributed by atoms with Crippen LogP contribution >= 0.6 is 27.5 Å². The molecule has 0 spiro atoms. The Morgan fingerprint density at radius 2 is 2.41 bits per heavy atom. The molecule has 6 heteroatoms. The zero-order chi connectivity index (χ0) is 12.3. The van der Waals surface area contributed by atoms with Crippen LogP contribution in [0.15, 0.2) is 0 Å². The molecule has 2 unspecified atom stereocenters. The van der Waals surface area contributed by atoms with Crippen molar-refractivity contribution in [3.05, 3.63) is 10.6 Å². The summed E-state index contributed by atoms with van der Waals surface area (Å²) >= 11 is 4.80. The Bertz CT molecular complexity index is 396. The van der Waals surface area contributed by atoms with E-state index in [-0.39, 0.29) is 5.91 Å². The van der Waals surface area contributed by atoms with E-state index in [9.17, 15) is 4.79 Å². The Kier molecular flexibility index (Phi) is 4.50. The van der Waals surface area contributed by atoms with Gasteiger partial charge in [-0.3, -0.25) is 4.79 Å². The van der Waals surface area contributed by atoms with Crippen LogP contribution in [-0.2, 0) is 6.42 Å². The molecule has 4 nitrogen and oxygen atoms in total. The summed E-state index contributed by atoms with van der Waals surface area (Å²) in [6.45, 7) is 2.75. The first-order chi connectivity index (χ1) is 8.20. The molecule has 1 saturated carbocycles. The van der Waals surface area contributed by atoms with Crippen LogP contribution < -0.4 is 5.32 Å². The van der Waals surface area contributed by atoms with Gasteiger partial charge in [-0.2, -0.15) is 0 Å². The van der Waals surface area contributed by atoms with Crippen molar-refractivity contribution in [2.75, 3.05) is 6.54 Å².